The molecule has 2 N–H and O–H groups in total. The van der Waals surface area contributed by atoms with E-state index in [0.717, 1.165) is 15.0 Å². The summed E-state index contributed by atoms with van der Waals surface area (Å²) in [6, 6.07) is 9.77. The number of rotatable bonds is 7. The predicted molar refractivity (Wildman–Crippen MR) is 88.0 cm³/mol. The third-order valence-corrected chi connectivity index (χ3v) is 5.83. The molecule has 0 radical (unpaired) electrons. The molecule has 0 spiro atoms. The van der Waals surface area contributed by atoms with Crippen LogP contribution >= 0.6 is 11.3 Å². The fraction of sp³-hybridized carbons (Fsp3) is 0.467. The molecule has 0 bridgehead atoms. The molecule has 1 heterocycles. The number of hydrogen-bond acceptors (Lipinski definition) is 4. The fourth-order valence-corrected chi connectivity index (χ4v) is 4.32. The first-order valence-corrected chi connectivity index (χ1v) is 9.48. The SMILES string of the molecule is CC(C)CCS(=O)(=O)NCC(O)c1cc2ccccc2s1. The van der Waals surface area contributed by atoms with Gasteiger partial charge in [-0.25, -0.2) is 13.1 Å². The van der Waals surface area contributed by atoms with Crippen molar-refractivity contribution in [2.75, 3.05) is 12.3 Å². The lowest BCUT2D eigenvalue weighted by Crippen LogP contribution is -2.30. The Morgan fingerprint density at radius 2 is 2.00 bits per heavy atom. The maximum atomic E-state index is 11.8. The van der Waals surface area contributed by atoms with E-state index in [1.165, 1.54) is 11.3 Å². The molecular weight excluding hydrogens is 306 g/mol. The molecule has 1 aromatic carbocycles. The molecule has 0 aliphatic heterocycles. The van der Waals surface area contributed by atoms with E-state index in [1.54, 1.807) is 0 Å². The highest BCUT2D eigenvalue weighted by Gasteiger charge is 2.16. The molecule has 0 amide bonds. The number of sulfonamides is 1. The number of aliphatic hydroxyl groups excluding tert-OH is 1. The lowest BCUT2D eigenvalue weighted by Gasteiger charge is -2.11. The third kappa shape index (κ3) is 4.78. The van der Waals surface area contributed by atoms with Gasteiger partial charge in [-0.1, -0.05) is 32.0 Å². The maximum absolute atomic E-state index is 11.8. The van der Waals surface area contributed by atoms with E-state index in [4.69, 9.17) is 0 Å². The Hall–Kier alpha value is -0.950. The van der Waals surface area contributed by atoms with Gasteiger partial charge in [0.25, 0.3) is 0 Å². The molecule has 6 heteroatoms. The monoisotopic (exact) mass is 327 g/mol. The van der Waals surface area contributed by atoms with E-state index in [2.05, 4.69) is 4.72 Å². The summed E-state index contributed by atoms with van der Waals surface area (Å²) >= 11 is 1.49. The normalized spacial score (nSPS) is 13.9. The summed E-state index contributed by atoms with van der Waals surface area (Å²) in [6.07, 6.45) is -0.190. The van der Waals surface area contributed by atoms with Crippen LogP contribution in [-0.4, -0.2) is 25.8 Å². The minimum Gasteiger partial charge on any atom is -0.386 e. The molecule has 1 atom stereocenters. The second-order valence-electron chi connectivity index (χ2n) is 5.55. The second kappa shape index (κ2) is 6.87. The van der Waals surface area contributed by atoms with Crippen molar-refractivity contribution in [3.05, 3.63) is 35.2 Å². The average molecular weight is 327 g/mol. The van der Waals surface area contributed by atoms with Gasteiger partial charge in [-0.2, -0.15) is 0 Å². The van der Waals surface area contributed by atoms with Crippen LogP contribution in [0.25, 0.3) is 10.1 Å². The lowest BCUT2D eigenvalue weighted by atomic mass is 10.2. The van der Waals surface area contributed by atoms with Gasteiger partial charge in [-0.05, 0) is 29.9 Å². The van der Waals surface area contributed by atoms with E-state index < -0.39 is 16.1 Å². The number of benzene rings is 1. The molecule has 116 valence electrons. The first kappa shape index (κ1) is 16.4. The minimum absolute atomic E-state index is 0.0211. The van der Waals surface area contributed by atoms with Crippen molar-refractivity contribution < 1.29 is 13.5 Å². The number of hydrogen-bond donors (Lipinski definition) is 2. The van der Waals surface area contributed by atoms with Crippen molar-refractivity contribution in [3.8, 4) is 0 Å². The van der Waals surface area contributed by atoms with E-state index in [-0.39, 0.29) is 12.3 Å². The van der Waals surface area contributed by atoms with Gasteiger partial charge in [0, 0.05) is 16.1 Å². The summed E-state index contributed by atoms with van der Waals surface area (Å²) in [5.41, 5.74) is 0. The van der Waals surface area contributed by atoms with Crippen LogP contribution in [0, 0.1) is 5.92 Å². The lowest BCUT2D eigenvalue weighted by molar-refractivity contribution is 0.186. The van der Waals surface area contributed by atoms with Crippen molar-refractivity contribution in [1.29, 1.82) is 0 Å². The van der Waals surface area contributed by atoms with Gasteiger partial charge in [0.05, 0.1) is 5.75 Å². The number of thiophene rings is 1. The molecule has 0 saturated heterocycles. The zero-order valence-corrected chi connectivity index (χ0v) is 13.9. The highest BCUT2D eigenvalue weighted by atomic mass is 32.2. The van der Waals surface area contributed by atoms with Crippen molar-refractivity contribution >= 4 is 31.4 Å². The topological polar surface area (TPSA) is 66.4 Å². The van der Waals surface area contributed by atoms with Crippen LogP contribution < -0.4 is 4.72 Å². The smallest absolute Gasteiger partial charge is 0.211 e. The van der Waals surface area contributed by atoms with Crippen molar-refractivity contribution in [3.63, 3.8) is 0 Å². The van der Waals surface area contributed by atoms with Crippen LogP contribution in [0.3, 0.4) is 0 Å². The molecule has 0 aliphatic rings. The Balaban J connectivity index is 1.96. The standard InChI is InChI=1S/C15H21NO3S2/c1-11(2)7-8-21(18,19)16-10-13(17)15-9-12-5-3-4-6-14(12)20-15/h3-6,9,11,13,16-17H,7-8,10H2,1-2H3. The van der Waals surface area contributed by atoms with E-state index in [1.807, 2.05) is 44.2 Å². The quantitative estimate of drug-likeness (QED) is 0.822. The molecule has 0 fully saturated rings. The first-order chi connectivity index (χ1) is 9.87. The zero-order valence-electron chi connectivity index (χ0n) is 12.2. The van der Waals surface area contributed by atoms with Crippen LogP contribution in [0.1, 0.15) is 31.2 Å². The van der Waals surface area contributed by atoms with Gasteiger partial charge in [-0.15, -0.1) is 11.3 Å². The van der Waals surface area contributed by atoms with Gasteiger partial charge in [0.15, 0.2) is 0 Å². The minimum atomic E-state index is -3.32. The summed E-state index contributed by atoms with van der Waals surface area (Å²) in [4.78, 5) is 0.780. The number of nitrogens with one attached hydrogen (secondary N) is 1. The second-order valence-corrected chi connectivity index (χ2v) is 8.59. The van der Waals surface area contributed by atoms with Gasteiger partial charge >= 0.3 is 0 Å². The highest BCUT2D eigenvalue weighted by Crippen LogP contribution is 2.29. The zero-order chi connectivity index (χ0) is 15.5. The summed E-state index contributed by atoms with van der Waals surface area (Å²) in [5.74, 6) is 0.443. The first-order valence-electron chi connectivity index (χ1n) is 7.01. The maximum Gasteiger partial charge on any atom is 0.211 e. The summed E-state index contributed by atoms with van der Waals surface area (Å²) < 4.78 is 27.2. The summed E-state index contributed by atoms with van der Waals surface area (Å²) in [5, 5.41) is 11.2. The molecule has 2 aromatic rings. The molecule has 0 aliphatic carbocycles. The average Bonchev–Trinajstić information content (AvgIpc) is 2.87. The Morgan fingerprint density at radius 3 is 2.67 bits per heavy atom. The molecule has 1 unspecified atom stereocenters. The molecule has 4 nitrogen and oxygen atoms in total. The van der Waals surface area contributed by atoms with Crippen LogP contribution in [0.2, 0.25) is 0 Å². The Labute approximate surface area is 129 Å². The van der Waals surface area contributed by atoms with Crippen molar-refractivity contribution in [1.82, 2.24) is 4.72 Å². The highest BCUT2D eigenvalue weighted by molar-refractivity contribution is 7.89. The number of aliphatic hydroxyl groups is 1. The largest absolute Gasteiger partial charge is 0.386 e. The third-order valence-electron chi connectivity index (χ3n) is 3.23. The van der Waals surface area contributed by atoms with Gasteiger partial charge in [0.1, 0.15) is 6.10 Å². The molecule has 0 saturated carbocycles. The van der Waals surface area contributed by atoms with Crippen LogP contribution in [0.5, 0.6) is 0 Å². The summed E-state index contributed by atoms with van der Waals surface area (Å²) in [6.45, 7) is 4.00. The molecular formula is C15H21NO3S2. The van der Waals surface area contributed by atoms with Crippen LogP contribution in [0.15, 0.2) is 30.3 Å². The molecule has 1 aromatic heterocycles. The van der Waals surface area contributed by atoms with E-state index in [9.17, 15) is 13.5 Å². The van der Waals surface area contributed by atoms with Gasteiger partial charge in [-0.3, -0.25) is 0 Å². The summed E-state index contributed by atoms with van der Waals surface area (Å²) in [7, 11) is -3.32. The number of fused-ring (bicyclic) bond motifs is 1. The molecule has 21 heavy (non-hydrogen) atoms. The van der Waals surface area contributed by atoms with Crippen molar-refractivity contribution in [2.45, 2.75) is 26.4 Å². The van der Waals surface area contributed by atoms with Crippen LogP contribution in [0.4, 0.5) is 0 Å². The Kier molecular flexibility index (Phi) is 5.37. The van der Waals surface area contributed by atoms with Gasteiger partial charge in [0.2, 0.25) is 10.0 Å². The Morgan fingerprint density at radius 1 is 1.29 bits per heavy atom. The van der Waals surface area contributed by atoms with Crippen molar-refractivity contribution in [2.24, 2.45) is 5.92 Å². The predicted octanol–water partition coefficient (Wildman–Crippen LogP) is 2.90. The van der Waals surface area contributed by atoms with Gasteiger partial charge < -0.3 is 5.11 Å². The molecule has 2 rings (SSSR count). The Bertz CT molecular complexity index is 659. The van der Waals surface area contributed by atoms with E-state index >= 15 is 0 Å². The van der Waals surface area contributed by atoms with E-state index in [0.29, 0.717) is 12.3 Å². The van der Waals surface area contributed by atoms with Crippen LogP contribution in [-0.2, 0) is 10.0 Å². The fourth-order valence-electron chi connectivity index (χ4n) is 1.94.